The Morgan fingerprint density at radius 1 is 1.26 bits per heavy atom. The molecule has 0 saturated carbocycles. The van der Waals surface area contributed by atoms with Crippen molar-refractivity contribution in [1.82, 2.24) is 15.2 Å². The van der Waals surface area contributed by atoms with E-state index in [0.717, 1.165) is 26.2 Å². The van der Waals surface area contributed by atoms with Crippen LogP contribution in [0.5, 0.6) is 0 Å². The van der Waals surface area contributed by atoms with Gasteiger partial charge in [-0.1, -0.05) is 30.3 Å². The molecule has 0 fully saturated rings. The first-order chi connectivity index (χ1) is 9.34. The van der Waals surface area contributed by atoms with E-state index in [-0.39, 0.29) is 0 Å². The average molecular weight is 275 g/mol. The lowest BCUT2D eigenvalue weighted by atomic mass is 10.2. The van der Waals surface area contributed by atoms with E-state index >= 15 is 0 Å². The van der Waals surface area contributed by atoms with Crippen LogP contribution < -0.4 is 5.32 Å². The maximum Gasteiger partial charge on any atom is 0.0794 e. The van der Waals surface area contributed by atoms with E-state index in [1.165, 1.54) is 16.9 Å². The quantitative estimate of drug-likeness (QED) is 0.751. The fourth-order valence-corrected chi connectivity index (χ4v) is 2.55. The van der Waals surface area contributed by atoms with E-state index in [9.17, 15) is 0 Å². The molecule has 3 nitrogen and oxygen atoms in total. The van der Waals surface area contributed by atoms with Crippen LogP contribution in [0.4, 0.5) is 0 Å². The van der Waals surface area contributed by atoms with Gasteiger partial charge in [-0.15, -0.1) is 11.3 Å². The van der Waals surface area contributed by atoms with Crippen LogP contribution >= 0.6 is 11.3 Å². The molecule has 0 aliphatic heterocycles. The summed E-state index contributed by atoms with van der Waals surface area (Å²) >= 11 is 1.71. The number of nitrogens with zero attached hydrogens (tertiary/aromatic N) is 2. The van der Waals surface area contributed by atoms with Crippen LogP contribution in [-0.4, -0.2) is 30.0 Å². The lowest BCUT2D eigenvalue weighted by molar-refractivity contribution is 0.319. The van der Waals surface area contributed by atoms with Gasteiger partial charge in [-0.05, 0) is 32.1 Å². The first-order valence-electron chi connectivity index (χ1n) is 6.65. The van der Waals surface area contributed by atoms with Crippen molar-refractivity contribution in [3.05, 3.63) is 52.5 Å². The standard InChI is InChI=1S/C15H21N3S/c1-18(12-14-6-3-2-4-7-14)9-5-8-16-10-15-11-17-13-19-15/h2-4,6-7,11,13,16H,5,8-10,12H2,1H3. The number of aromatic nitrogens is 1. The van der Waals surface area contributed by atoms with Gasteiger partial charge in [0.2, 0.25) is 0 Å². The van der Waals surface area contributed by atoms with Crippen LogP contribution in [0.1, 0.15) is 16.9 Å². The van der Waals surface area contributed by atoms with Gasteiger partial charge in [-0.2, -0.15) is 0 Å². The summed E-state index contributed by atoms with van der Waals surface area (Å²) in [6.07, 6.45) is 3.10. The molecular formula is C15H21N3S. The highest BCUT2D eigenvalue weighted by Gasteiger charge is 1.99. The second-order valence-corrected chi connectivity index (χ2v) is 5.69. The molecule has 1 aromatic carbocycles. The lowest BCUT2D eigenvalue weighted by Crippen LogP contribution is -2.23. The van der Waals surface area contributed by atoms with Crippen LogP contribution in [0.25, 0.3) is 0 Å². The molecule has 2 rings (SSSR count). The minimum atomic E-state index is 0.938. The highest BCUT2D eigenvalue weighted by atomic mass is 32.1. The predicted molar refractivity (Wildman–Crippen MR) is 81.2 cm³/mol. The third-order valence-corrected chi connectivity index (χ3v) is 3.75. The number of hydrogen-bond acceptors (Lipinski definition) is 4. The second-order valence-electron chi connectivity index (χ2n) is 4.72. The molecule has 1 heterocycles. The van der Waals surface area contributed by atoms with Gasteiger partial charge in [0.1, 0.15) is 0 Å². The van der Waals surface area contributed by atoms with Crippen molar-refractivity contribution in [3.8, 4) is 0 Å². The predicted octanol–water partition coefficient (Wildman–Crippen LogP) is 2.75. The fraction of sp³-hybridized carbons (Fsp3) is 0.400. The molecular weight excluding hydrogens is 254 g/mol. The number of rotatable bonds is 8. The molecule has 0 spiro atoms. The van der Waals surface area contributed by atoms with E-state index in [4.69, 9.17) is 0 Å². The Hall–Kier alpha value is -1.23. The molecule has 4 heteroatoms. The normalized spacial score (nSPS) is 11.1. The fourth-order valence-electron chi connectivity index (χ4n) is 1.99. The molecule has 1 N–H and O–H groups in total. The molecule has 0 aliphatic carbocycles. The monoisotopic (exact) mass is 275 g/mol. The molecule has 1 aromatic heterocycles. The highest BCUT2D eigenvalue weighted by molar-refractivity contribution is 7.09. The molecule has 0 aliphatic rings. The van der Waals surface area contributed by atoms with Crippen LogP contribution in [0.2, 0.25) is 0 Å². The van der Waals surface area contributed by atoms with Gasteiger partial charge in [0.05, 0.1) is 5.51 Å². The zero-order chi connectivity index (χ0) is 13.3. The van der Waals surface area contributed by atoms with Crippen molar-refractivity contribution in [1.29, 1.82) is 0 Å². The first kappa shape index (κ1) is 14.2. The molecule has 0 amide bonds. The van der Waals surface area contributed by atoms with Crippen molar-refractivity contribution < 1.29 is 0 Å². The van der Waals surface area contributed by atoms with Gasteiger partial charge in [0.15, 0.2) is 0 Å². The number of benzene rings is 1. The zero-order valence-corrected chi connectivity index (χ0v) is 12.2. The largest absolute Gasteiger partial charge is 0.312 e. The molecule has 2 aromatic rings. The van der Waals surface area contributed by atoms with Crippen molar-refractivity contribution >= 4 is 11.3 Å². The van der Waals surface area contributed by atoms with Gasteiger partial charge in [0, 0.05) is 24.2 Å². The van der Waals surface area contributed by atoms with Crippen molar-refractivity contribution in [3.63, 3.8) is 0 Å². The van der Waals surface area contributed by atoms with Gasteiger partial charge in [-0.25, -0.2) is 0 Å². The molecule has 0 bridgehead atoms. The average Bonchev–Trinajstić information content (AvgIpc) is 2.92. The van der Waals surface area contributed by atoms with E-state index in [0.29, 0.717) is 0 Å². The lowest BCUT2D eigenvalue weighted by Gasteiger charge is -2.16. The first-order valence-corrected chi connectivity index (χ1v) is 7.53. The van der Waals surface area contributed by atoms with Gasteiger partial charge < -0.3 is 10.2 Å². The Kier molecular flexibility index (Phi) is 6.01. The molecule has 0 atom stereocenters. The zero-order valence-electron chi connectivity index (χ0n) is 11.4. The molecule has 19 heavy (non-hydrogen) atoms. The van der Waals surface area contributed by atoms with Crippen molar-refractivity contribution in [2.75, 3.05) is 20.1 Å². The second kappa shape index (κ2) is 8.04. The van der Waals surface area contributed by atoms with Crippen LogP contribution in [0.3, 0.4) is 0 Å². The number of nitrogens with one attached hydrogen (secondary N) is 1. The SMILES string of the molecule is CN(CCCNCc1cncs1)Cc1ccccc1. The Balaban J connectivity index is 1.55. The van der Waals surface area contributed by atoms with Crippen molar-refractivity contribution in [2.45, 2.75) is 19.5 Å². The summed E-state index contributed by atoms with van der Waals surface area (Å²) in [7, 11) is 2.18. The maximum atomic E-state index is 4.07. The highest BCUT2D eigenvalue weighted by Crippen LogP contribution is 2.04. The Morgan fingerprint density at radius 3 is 2.84 bits per heavy atom. The Labute approximate surface area is 119 Å². The summed E-state index contributed by atoms with van der Waals surface area (Å²) in [5.41, 5.74) is 3.26. The smallest absolute Gasteiger partial charge is 0.0794 e. The summed E-state index contributed by atoms with van der Waals surface area (Å²) in [5, 5.41) is 3.45. The van der Waals surface area contributed by atoms with Gasteiger partial charge in [-0.3, -0.25) is 4.98 Å². The van der Waals surface area contributed by atoms with Gasteiger partial charge in [0.25, 0.3) is 0 Å². The van der Waals surface area contributed by atoms with Crippen LogP contribution in [0, 0.1) is 0 Å². The number of thiazole rings is 1. The summed E-state index contributed by atoms with van der Waals surface area (Å²) in [5.74, 6) is 0. The minimum Gasteiger partial charge on any atom is -0.312 e. The summed E-state index contributed by atoms with van der Waals surface area (Å²) < 4.78 is 0. The summed E-state index contributed by atoms with van der Waals surface area (Å²) in [6.45, 7) is 4.13. The third kappa shape index (κ3) is 5.51. The Morgan fingerprint density at radius 2 is 2.11 bits per heavy atom. The maximum absolute atomic E-state index is 4.07. The number of hydrogen-bond donors (Lipinski definition) is 1. The van der Waals surface area contributed by atoms with E-state index in [1.807, 2.05) is 11.7 Å². The third-order valence-electron chi connectivity index (χ3n) is 2.97. The van der Waals surface area contributed by atoms with Crippen LogP contribution in [0.15, 0.2) is 42.0 Å². The van der Waals surface area contributed by atoms with Gasteiger partial charge >= 0.3 is 0 Å². The Bertz CT molecular complexity index is 442. The minimum absolute atomic E-state index is 0.938. The van der Waals surface area contributed by atoms with E-state index in [1.54, 1.807) is 11.3 Å². The summed E-state index contributed by atoms with van der Waals surface area (Å²) in [4.78, 5) is 7.73. The van der Waals surface area contributed by atoms with E-state index in [2.05, 4.69) is 52.6 Å². The van der Waals surface area contributed by atoms with Crippen molar-refractivity contribution in [2.24, 2.45) is 0 Å². The van der Waals surface area contributed by atoms with Crippen LogP contribution in [-0.2, 0) is 13.1 Å². The molecule has 0 unspecified atom stereocenters. The molecule has 0 saturated heterocycles. The summed E-state index contributed by atoms with van der Waals surface area (Å²) in [6, 6.07) is 10.6. The molecule has 0 radical (unpaired) electrons. The molecule has 102 valence electrons. The topological polar surface area (TPSA) is 28.2 Å². The van der Waals surface area contributed by atoms with E-state index < -0.39 is 0 Å².